The smallest absolute Gasteiger partial charge is 0.276 e. The molecule has 0 aliphatic rings. The lowest BCUT2D eigenvalue weighted by Crippen LogP contribution is -2.16. The molecule has 6 heteroatoms. The topological polar surface area (TPSA) is 68.0 Å². The largest absolute Gasteiger partial charge is 0.397 e. The van der Waals surface area contributed by atoms with Gasteiger partial charge in [-0.2, -0.15) is 0 Å². The molecule has 0 atom stereocenters. The molecule has 1 aromatic carbocycles. The normalized spacial score (nSPS) is 10.3. The van der Waals surface area contributed by atoms with Crippen molar-refractivity contribution < 1.29 is 13.6 Å². The number of hydrogen-bond acceptors (Lipinski definition) is 3. The first kappa shape index (κ1) is 12.9. The van der Waals surface area contributed by atoms with Crippen molar-refractivity contribution >= 4 is 17.3 Å². The van der Waals surface area contributed by atoms with Crippen LogP contribution in [0.1, 0.15) is 16.1 Å². The molecule has 1 amide bonds. The zero-order chi connectivity index (χ0) is 14.0. The highest BCUT2D eigenvalue weighted by Crippen LogP contribution is 2.20. The van der Waals surface area contributed by atoms with Gasteiger partial charge in [0.15, 0.2) is 5.69 Å². The maximum absolute atomic E-state index is 13.6. The zero-order valence-electron chi connectivity index (χ0n) is 10.1. The minimum absolute atomic E-state index is 0.0390. The first-order valence-electron chi connectivity index (χ1n) is 5.46. The quantitative estimate of drug-likeness (QED) is 0.874. The maximum atomic E-state index is 13.6. The number of benzene rings is 1. The van der Waals surface area contributed by atoms with Gasteiger partial charge in [0.1, 0.15) is 11.6 Å². The molecule has 1 heterocycles. The number of carbonyl (C=O) groups excluding carboxylic acids is 1. The van der Waals surface area contributed by atoms with E-state index in [0.29, 0.717) is 0 Å². The van der Waals surface area contributed by atoms with Crippen LogP contribution in [0.2, 0.25) is 0 Å². The van der Waals surface area contributed by atoms with Crippen LogP contribution in [0.4, 0.5) is 20.2 Å². The second-order valence-electron chi connectivity index (χ2n) is 3.98. The Morgan fingerprint density at radius 3 is 2.74 bits per heavy atom. The lowest BCUT2D eigenvalue weighted by molar-refractivity contribution is 0.102. The van der Waals surface area contributed by atoms with E-state index in [1.807, 2.05) is 0 Å². The van der Waals surface area contributed by atoms with Gasteiger partial charge in [-0.15, -0.1) is 0 Å². The number of amides is 1. The number of nitrogens with zero attached hydrogens (tertiary/aromatic N) is 1. The highest BCUT2D eigenvalue weighted by atomic mass is 19.1. The summed E-state index contributed by atoms with van der Waals surface area (Å²) >= 11 is 0. The van der Waals surface area contributed by atoms with Gasteiger partial charge in [0.2, 0.25) is 0 Å². The minimum atomic E-state index is -0.721. The molecule has 0 unspecified atom stereocenters. The predicted octanol–water partition coefficient (Wildman–Crippen LogP) is 2.50. The summed E-state index contributed by atoms with van der Waals surface area (Å²) in [4.78, 5) is 15.6. The number of rotatable bonds is 2. The predicted molar refractivity (Wildman–Crippen MR) is 67.7 cm³/mol. The van der Waals surface area contributed by atoms with Crippen molar-refractivity contribution in [2.45, 2.75) is 6.92 Å². The van der Waals surface area contributed by atoms with Crippen molar-refractivity contribution in [3.8, 4) is 0 Å². The van der Waals surface area contributed by atoms with Gasteiger partial charge in [-0.3, -0.25) is 4.79 Å². The van der Waals surface area contributed by atoms with Gasteiger partial charge in [0, 0.05) is 12.3 Å². The SMILES string of the molecule is Cc1cc(F)c(NC(=O)c2ncccc2N)cc1F. The van der Waals surface area contributed by atoms with Crippen LogP contribution in [0.15, 0.2) is 30.5 Å². The van der Waals surface area contributed by atoms with Gasteiger partial charge in [0.05, 0.1) is 11.4 Å². The van der Waals surface area contributed by atoms with Crippen LogP contribution in [0, 0.1) is 18.6 Å². The van der Waals surface area contributed by atoms with Crippen LogP contribution in [0.5, 0.6) is 0 Å². The van der Waals surface area contributed by atoms with Crippen LogP contribution in [0.25, 0.3) is 0 Å². The minimum Gasteiger partial charge on any atom is -0.397 e. The van der Waals surface area contributed by atoms with Crippen LogP contribution in [0.3, 0.4) is 0 Å². The summed E-state index contributed by atoms with van der Waals surface area (Å²) < 4.78 is 26.9. The monoisotopic (exact) mass is 263 g/mol. The van der Waals surface area contributed by atoms with E-state index in [1.54, 1.807) is 6.07 Å². The van der Waals surface area contributed by atoms with Crippen molar-refractivity contribution in [3.05, 3.63) is 53.4 Å². The Morgan fingerprint density at radius 1 is 1.32 bits per heavy atom. The molecule has 0 aliphatic carbocycles. The molecule has 0 bridgehead atoms. The Bertz CT molecular complexity index is 644. The highest BCUT2D eigenvalue weighted by Gasteiger charge is 2.14. The lowest BCUT2D eigenvalue weighted by Gasteiger charge is -2.08. The average Bonchev–Trinajstić information content (AvgIpc) is 2.36. The van der Waals surface area contributed by atoms with E-state index >= 15 is 0 Å². The Morgan fingerprint density at radius 2 is 2.05 bits per heavy atom. The molecule has 1 aromatic heterocycles. The number of aromatic nitrogens is 1. The van der Waals surface area contributed by atoms with Crippen LogP contribution < -0.4 is 11.1 Å². The molecule has 0 saturated heterocycles. The van der Waals surface area contributed by atoms with E-state index < -0.39 is 17.5 Å². The fraction of sp³-hybridized carbons (Fsp3) is 0.0769. The Hall–Kier alpha value is -2.50. The van der Waals surface area contributed by atoms with E-state index in [2.05, 4.69) is 10.3 Å². The molecule has 0 spiro atoms. The van der Waals surface area contributed by atoms with Crippen molar-refractivity contribution in [1.29, 1.82) is 0 Å². The second kappa shape index (κ2) is 5.01. The van der Waals surface area contributed by atoms with Gasteiger partial charge in [-0.1, -0.05) is 0 Å². The van der Waals surface area contributed by atoms with Gasteiger partial charge in [0.25, 0.3) is 5.91 Å². The summed E-state index contributed by atoms with van der Waals surface area (Å²) in [6.45, 7) is 1.43. The van der Waals surface area contributed by atoms with E-state index in [1.165, 1.54) is 19.2 Å². The number of carbonyl (C=O) groups is 1. The van der Waals surface area contributed by atoms with Gasteiger partial charge >= 0.3 is 0 Å². The van der Waals surface area contributed by atoms with E-state index in [0.717, 1.165) is 12.1 Å². The third-order valence-corrected chi connectivity index (χ3v) is 2.55. The fourth-order valence-corrected chi connectivity index (χ4v) is 1.53. The molecule has 98 valence electrons. The van der Waals surface area contributed by atoms with Crippen molar-refractivity contribution in [2.24, 2.45) is 0 Å². The average molecular weight is 263 g/mol. The van der Waals surface area contributed by atoms with E-state index in [-0.39, 0.29) is 22.6 Å². The van der Waals surface area contributed by atoms with Crippen molar-refractivity contribution in [1.82, 2.24) is 4.98 Å². The number of aryl methyl sites for hydroxylation is 1. The molecule has 0 radical (unpaired) electrons. The standard InChI is InChI=1S/C13H11F2N3O/c1-7-5-9(15)11(6-8(7)14)18-13(19)12-10(16)3-2-4-17-12/h2-6H,16H2,1H3,(H,18,19). The van der Waals surface area contributed by atoms with Gasteiger partial charge < -0.3 is 11.1 Å². The molecule has 2 aromatic rings. The molecule has 19 heavy (non-hydrogen) atoms. The first-order valence-corrected chi connectivity index (χ1v) is 5.46. The Labute approximate surface area is 108 Å². The Balaban J connectivity index is 2.30. The molecular formula is C13H11F2N3O. The third kappa shape index (κ3) is 2.67. The van der Waals surface area contributed by atoms with Crippen LogP contribution >= 0.6 is 0 Å². The molecule has 2 rings (SSSR count). The third-order valence-electron chi connectivity index (χ3n) is 2.55. The fourth-order valence-electron chi connectivity index (χ4n) is 1.53. The summed E-state index contributed by atoms with van der Waals surface area (Å²) in [5.41, 5.74) is 5.61. The molecular weight excluding hydrogens is 252 g/mol. The molecule has 3 N–H and O–H groups in total. The molecule has 4 nitrogen and oxygen atoms in total. The van der Waals surface area contributed by atoms with E-state index in [9.17, 15) is 13.6 Å². The number of hydrogen-bond donors (Lipinski definition) is 2. The maximum Gasteiger partial charge on any atom is 0.276 e. The number of nitrogens with two attached hydrogens (primary N) is 1. The number of nitrogen functional groups attached to an aromatic ring is 1. The second-order valence-corrected chi connectivity index (χ2v) is 3.98. The number of nitrogens with one attached hydrogen (secondary N) is 1. The molecule has 0 fully saturated rings. The Kier molecular flexibility index (Phi) is 3.41. The summed E-state index contributed by atoms with van der Waals surface area (Å²) in [6.07, 6.45) is 1.39. The first-order chi connectivity index (χ1) is 8.99. The number of halogens is 2. The van der Waals surface area contributed by atoms with Crippen molar-refractivity contribution in [2.75, 3.05) is 11.1 Å². The highest BCUT2D eigenvalue weighted by molar-refractivity contribution is 6.06. The molecule has 0 aliphatic heterocycles. The zero-order valence-corrected chi connectivity index (χ0v) is 10.1. The van der Waals surface area contributed by atoms with Gasteiger partial charge in [-0.25, -0.2) is 13.8 Å². The summed E-state index contributed by atoms with van der Waals surface area (Å²) in [6, 6.07) is 4.99. The van der Waals surface area contributed by atoms with Gasteiger partial charge in [-0.05, 0) is 30.7 Å². The summed E-state index contributed by atoms with van der Waals surface area (Å²) in [5, 5.41) is 2.24. The van der Waals surface area contributed by atoms with Crippen molar-refractivity contribution in [3.63, 3.8) is 0 Å². The number of anilines is 2. The lowest BCUT2D eigenvalue weighted by atomic mass is 10.2. The number of pyridine rings is 1. The molecule has 0 saturated carbocycles. The van der Waals surface area contributed by atoms with E-state index in [4.69, 9.17) is 5.73 Å². The summed E-state index contributed by atoms with van der Waals surface area (Å²) in [7, 11) is 0. The van der Waals surface area contributed by atoms with Crippen LogP contribution in [-0.2, 0) is 0 Å². The summed E-state index contributed by atoms with van der Waals surface area (Å²) in [5.74, 6) is -2.02. The van der Waals surface area contributed by atoms with Crippen LogP contribution in [-0.4, -0.2) is 10.9 Å².